The van der Waals surface area contributed by atoms with Crippen LogP contribution in [0.2, 0.25) is 0 Å². The molecule has 0 spiro atoms. The molecule has 164 valence electrons. The number of hydrogen-bond acceptors (Lipinski definition) is 5. The molecule has 1 aliphatic heterocycles. The molecular weight excluding hydrogens is 419 g/mol. The van der Waals surface area contributed by atoms with Crippen LogP contribution in [0.3, 0.4) is 0 Å². The Morgan fingerprint density at radius 3 is 2.43 bits per heavy atom. The number of halogens is 3. The summed E-state index contributed by atoms with van der Waals surface area (Å²) in [6, 6.07) is 11.5. The number of sulfonamides is 1. The van der Waals surface area contributed by atoms with Crippen molar-refractivity contribution >= 4 is 15.7 Å². The average molecular weight is 443 g/mol. The molecule has 6 nitrogen and oxygen atoms in total. The van der Waals surface area contributed by atoms with Gasteiger partial charge in [-0.15, -0.1) is 0 Å². The third-order valence-electron chi connectivity index (χ3n) is 5.07. The maximum atomic E-state index is 12.9. The minimum absolute atomic E-state index is 0.0471. The zero-order valence-corrected chi connectivity index (χ0v) is 17.7. The predicted molar refractivity (Wildman–Crippen MR) is 108 cm³/mol. The lowest BCUT2D eigenvalue weighted by molar-refractivity contribution is -0.137. The summed E-state index contributed by atoms with van der Waals surface area (Å²) in [7, 11) is 1.60. The van der Waals surface area contributed by atoms with E-state index >= 15 is 0 Å². The lowest BCUT2D eigenvalue weighted by atomic mass is 10.0. The number of nitrogens with one attached hydrogen (secondary N) is 1. The van der Waals surface area contributed by atoms with Gasteiger partial charge in [0.25, 0.3) is 0 Å². The van der Waals surface area contributed by atoms with Gasteiger partial charge in [-0.25, -0.2) is 13.1 Å². The molecule has 0 radical (unpaired) electrons. The van der Waals surface area contributed by atoms with Gasteiger partial charge in [-0.3, -0.25) is 4.84 Å². The fraction of sp³-hybridized carbons (Fsp3) is 0.400. The van der Waals surface area contributed by atoms with Crippen LogP contribution in [0.5, 0.6) is 0 Å². The van der Waals surface area contributed by atoms with Crippen molar-refractivity contribution in [2.75, 3.05) is 32.6 Å². The molecule has 1 heterocycles. The number of rotatable bonds is 6. The van der Waals surface area contributed by atoms with Gasteiger partial charge < -0.3 is 4.90 Å². The second-order valence-electron chi connectivity index (χ2n) is 7.38. The van der Waals surface area contributed by atoms with Crippen molar-refractivity contribution in [1.82, 2.24) is 9.79 Å². The Bertz CT molecular complexity index is 979. The minimum Gasteiger partial charge on any atom is -0.378 e. The molecule has 30 heavy (non-hydrogen) atoms. The van der Waals surface area contributed by atoms with E-state index in [9.17, 15) is 21.6 Å². The maximum Gasteiger partial charge on any atom is 0.416 e. The molecule has 0 aromatic heterocycles. The Morgan fingerprint density at radius 2 is 1.83 bits per heavy atom. The first-order valence-electron chi connectivity index (χ1n) is 9.26. The van der Waals surface area contributed by atoms with Crippen LogP contribution in [-0.4, -0.2) is 46.5 Å². The molecular formula is C20H24F3N3O3S. The highest BCUT2D eigenvalue weighted by molar-refractivity contribution is 7.90. The molecule has 2 aromatic carbocycles. The van der Waals surface area contributed by atoms with Gasteiger partial charge in [-0.2, -0.15) is 18.2 Å². The summed E-state index contributed by atoms with van der Waals surface area (Å²) in [6.07, 6.45) is -4.49. The largest absolute Gasteiger partial charge is 0.416 e. The molecule has 0 aliphatic carbocycles. The SMILES string of the molecule is CN(C)c1ccc([C@@H]2[C@@H](S(=O)(=O)NCc3cccc(C(F)(F)F)c3)CON2C)cc1. The smallest absolute Gasteiger partial charge is 0.378 e. The lowest BCUT2D eigenvalue weighted by Gasteiger charge is -2.24. The standard InChI is InChI=1S/C20H24F3N3O3S/c1-25(2)17-9-7-15(8-10-17)19-18(13-29-26(19)3)30(27,28)24-12-14-5-4-6-16(11-14)20(21,22)23/h4-11,18-19,24H,12-13H2,1-3H3/t18-,19+/m0/s1. The van der Waals surface area contributed by atoms with Crippen molar-refractivity contribution in [2.45, 2.75) is 24.0 Å². The molecule has 3 rings (SSSR count). The molecule has 1 fully saturated rings. The van der Waals surface area contributed by atoms with Crippen LogP contribution in [0.25, 0.3) is 0 Å². The predicted octanol–water partition coefficient (Wildman–Crippen LogP) is 3.18. The molecule has 0 unspecified atom stereocenters. The van der Waals surface area contributed by atoms with Gasteiger partial charge in [-0.1, -0.05) is 30.3 Å². The minimum atomic E-state index is -4.49. The fourth-order valence-electron chi connectivity index (χ4n) is 3.40. The average Bonchev–Trinajstić information content (AvgIpc) is 3.08. The summed E-state index contributed by atoms with van der Waals surface area (Å²) in [5, 5.41) is 0.595. The van der Waals surface area contributed by atoms with E-state index in [1.54, 1.807) is 7.05 Å². The monoisotopic (exact) mass is 443 g/mol. The van der Waals surface area contributed by atoms with Gasteiger partial charge in [0.2, 0.25) is 10.0 Å². The Balaban J connectivity index is 1.77. The first-order chi connectivity index (χ1) is 14.0. The highest BCUT2D eigenvalue weighted by Crippen LogP contribution is 2.34. The molecule has 0 amide bonds. The summed E-state index contributed by atoms with van der Waals surface area (Å²) in [4.78, 5) is 7.40. The van der Waals surface area contributed by atoms with Crippen LogP contribution in [-0.2, 0) is 27.6 Å². The third-order valence-corrected chi connectivity index (χ3v) is 6.81. The van der Waals surface area contributed by atoms with Gasteiger partial charge in [0.05, 0.1) is 18.2 Å². The van der Waals surface area contributed by atoms with Crippen LogP contribution >= 0.6 is 0 Å². The van der Waals surface area contributed by atoms with Gasteiger partial charge in [0, 0.05) is 33.4 Å². The normalized spacial score (nSPS) is 20.5. The Hall–Kier alpha value is -2.14. The van der Waals surface area contributed by atoms with Gasteiger partial charge in [-0.05, 0) is 29.3 Å². The van der Waals surface area contributed by atoms with Gasteiger partial charge >= 0.3 is 6.18 Å². The number of anilines is 1. The highest BCUT2D eigenvalue weighted by Gasteiger charge is 2.43. The van der Waals surface area contributed by atoms with E-state index in [0.717, 1.165) is 23.4 Å². The number of hydroxylamine groups is 2. The van der Waals surface area contributed by atoms with Gasteiger partial charge in [0.15, 0.2) is 0 Å². The Morgan fingerprint density at radius 1 is 1.17 bits per heavy atom. The van der Waals surface area contributed by atoms with E-state index in [-0.39, 0.29) is 18.7 Å². The fourth-order valence-corrected chi connectivity index (χ4v) is 4.89. The molecule has 10 heteroatoms. The molecule has 0 bridgehead atoms. The first-order valence-corrected chi connectivity index (χ1v) is 10.8. The van der Waals surface area contributed by atoms with Crippen LogP contribution in [0, 0.1) is 0 Å². The van der Waals surface area contributed by atoms with E-state index in [2.05, 4.69) is 4.72 Å². The van der Waals surface area contributed by atoms with Gasteiger partial charge in [0.1, 0.15) is 5.25 Å². The second-order valence-corrected chi connectivity index (χ2v) is 9.36. The van der Waals surface area contributed by atoms with Crippen molar-refractivity contribution in [3.63, 3.8) is 0 Å². The summed E-state index contributed by atoms with van der Waals surface area (Å²) in [6.45, 7) is -0.284. The van der Waals surface area contributed by atoms with E-state index in [4.69, 9.17) is 4.84 Å². The van der Waals surface area contributed by atoms with E-state index in [1.807, 2.05) is 43.3 Å². The molecule has 0 saturated carbocycles. The number of hydrogen-bond donors (Lipinski definition) is 1. The summed E-state index contributed by atoms with van der Waals surface area (Å²) in [5.74, 6) is 0. The zero-order chi connectivity index (χ0) is 22.1. The number of alkyl halides is 3. The first kappa shape index (κ1) is 22.5. The third kappa shape index (κ3) is 4.94. The van der Waals surface area contributed by atoms with Crippen LogP contribution in [0.1, 0.15) is 22.7 Å². The maximum absolute atomic E-state index is 12.9. The molecule has 2 atom stereocenters. The van der Waals surface area contributed by atoms with Crippen molar-refractivity contribution < 1.29 is 26.4 Å². The summed E-state index contributed by atoms with van der Waals surface area (Å²) in [5.41, 5.74) is 1.16. The molecule has 1 saturated heterocycles. The summed E-state index contributed by atoms with van der Waals surface area (Å²) < 4.78 is 67.0. The topological polar surface area (TPSA) is 61.9 Å². The molecule has 2 aromatic rings. The second kappa shape index (κ2) is 8.54. The van der Waals surface area contributed by atoms with Crippen molar-refractivity contribution in [3.8, 4) is 0 Å². The van der Waals surface area contributed by atoms with E-state index < -0.39 is 33.1 Å². The molecule has 1 aliphatic rings. The van der Waals surface area contributed by atoms with Crippen LogP contribution in [0.4, 0.5) is 18.9 Å². The number of nitrogens with zero attached hydrogens (tertiary/aromatic N) is 2. The van der Waals surface area contributed by atoms with E-state index in [0.29, 0.717) is 0 Å². The summed E-state index contributed by atoms with van der Waals surface area (Å²) >= 11 is 0. The van der Waals surface area contributed by atoms with Crippen LogP contribution < -0.4 is 9.62 Å². The lowest BCUT2D eigenvalue weighted by Crippen LogP contribution is -2.39. The van der Waals surface area contributed by atoms with Crippen LogP contribution in [0.15, 0.2) is 48.5 Å². The van der Waals surface area contributed by atoms with Crippen molar-refractivity contribution in [2.24, 2.45) is 0 Å². The Kier molecular flexibility index (Phi) is 6.42. The van der Waals surface area contributed by atoms with Crippen molar-refractivity contribution in [3.05, 3.63) is 65.2 Å². The number of benzene rings is 2. The molecule has 1 N–H and O–H groups in total. The quantitative estimate of drug-likeness (QED) is 0.743. The Labute approximate surface area is 174 Å². The highest BCUT2D eigenvalue weighted by atomic mass is 32.2. The zero-order valence-electron chi connectivity index (χ0n) is 16.8. The van der Waals surface area contributed by atoms with Crippen molar-refractivity contribution in [1.29, 1.82) is 0 Å². The van der Waals surface area contributed by atoms with E-state index in [1.165, 1.54) is 17.2 Å².